The van der Waals surface area contributed by atoms with Crippen LogP contribution in [0.5, 0.6) is 5.75 Å². The number of carbonyl (C=O) groups is 2. The summed E-state index contributed by atoms with van der Waals surface area (Å²) >= 11 is 0. The van der Waals surface area contributed by atoms with Crippen molar-refractivity contribution in [3.05, 3.63) is 64.7 Å². The maximum Gasteiger partial charge on any atom is 0.338 e. The molecule has 0 saturated heterocycles. The van der Waals surface area contributed by atoms with Crippen molar-refractivity contribution in [3.63, 3.8) is 0 Å². The van der Waals surface area contributed by atoms with Gasteiger partial charge >= 0.3 is 5.97 Å². The fourth-order valence-corrected chi connectivity index (χ4v) is 2.55. The number of methoxy groups -OCH3 is 1. The molecule has 0 saturated carbocycles. The fraction of sp³-hybridized carbons (Fsp3) is 0.300. The van der Waals surface area contributed by atoms with E-state index < -0.39 is 5.97 Å². The van der Waals surface area contributed by atoms with Gasteiger partial charge in [-0.05, 0) is 43.7 Å². The van der Waals surface area contributed by atoms with E-state index in [4.69, 9.17) is 9.47 Å². The van der Waals surface area contributed by atoms with Crippen LogP contribution >= 0.6 is 0 Å². The summed E-state index contributed by atoms with van der Waals surface area (Å²) < 4.78 is 10.3. The molecule has 0 N–H and O–H groups in total. The van der Waals surface area contributed by atoms with E-state index >= 15 is 0 Å². The first-order valence-electron chi connectivity index (χ1n) is 8.01. The van der Waals surface area contributed by atoms with Gasteiger partial charge in [0, 0.05) is 13.6 Å². The van der Waals surface area contributed by atoms with Gasteiger partial charge in [-0.1, -0.05) is 29.3 Å². The summed E-state index contributed by atoms with van der Waals surface area (Å²) in [5, 5.41) is 0. The SMILES string of the molecule is COc1cccc(CN(C)C(=O)COC(=O)c2cc(C)cc(C)c2)c1. The zero-order valence-electron chi connectivity index (χ0n) is 15.0. The van der Waals surface area contributed by atoms with Crippen LogP contribution in [0.2, 0.25) is 0 Å². The number of hydrogen-bond donors (Lipinski definition) is 0. The Balaban J connectivity index is 1.91. The van der Waals surface area contributed by atoms with Gasteiger partial charge in [-0.2, -0.15) is 0 Å². The van der Waals surface area contributed by atoms with Crippen molar-refractivity contribution in [1.29, 1.82) is 0 Å². The van der Waals surface area contributed by atoms with Crippen LogP contribution in [0.4, 0.5) is 0 Å². The molecular weight excluding hydrogens is 318 g/mol. The molecule has 2 aromatic rings. The summed E-state index contributed by atoms with van der Waals surface area (Å²) in [6.45, 7) is 3.96. The molecule has 2 aromatic carbocycles. The third kappa shape index (κ3) is 5.35. The second-order valence-electron chi connectivity index (χ2n) is 6.05. The Morgan fingerprint density at radius 2 is 1.72 bits per heavy atom. The Bertz CT molecular complexity index is 750. The minimum absolute atomic E-state index is 0.263. The number of likely N-dealkylation sites (N-methyl/N-ethyl adjacent to an activating group) is 1. The first-order valence-corrected chi connectivity index (χ1v) is 8.01. The molecule has 2 rings (SSSR count). The highest BCUT2D eigenvalue weighted by Gasteiger charge is 2.14. The van der Waals surface area contributed by atoms with Crippen molar-refractivity contribution in [2.75, 3.05) is 20.8 Å². The van der Waals surface area contributed by atoms with Crippen molar-refractivity contribution in [2.24, 2.45) is 0 Å². The van der Waals surface area contributed by atoms with Crippen molar-refractivity contribution in [2.45, 2.75) is 20.4 Å². The first-order chi connectivity index (χ1) is 11.9. The zero-order chi connectivity index (χ0) is 18.4. The van der Waals surface area contributed by atoms with E-state index in [9.17, 15) is 9.59 Å². The number of carbonyl (C=O) groups excluding carboxylic acids is 2. The summed E-state index contributed by atoms with van der Waals surface area (Å²) in [6.07, 6.45) is 0. The van der Waals surface area contributed by atoms with Gasteiger partial charge in [0.05, 0.1) is 12.7 Å². The van der Waals surface area contributed by atoms with E-state index in [2.05, 4.69) is 0 Å². The van der Waals surface area contributed by atoms with Gasteiger partial charge in [0.1, 0.15) is 5.75 Å². The zero-order valence-corrected chi connectivity index (χ0v) is 15.0. The van der Waals surface area contributed by atoms with E-state index in [-0.39, 0.29) is 12.5 Å². The van der Waals surface area contributed by atoms with Crippen LogP contribution in [0.25, 0.3) is 0 Å². The normalized spacial score (nSPS) is 10.2. The van der Waals surface area contributed by atoms with Crippen LogP contribution in [-0.2, 0) is 16.1 Å². The van der Waals surface area contributed by atoms with E-state index in [0.29, 0.717) is 12.1 Å². The van der Waals surface area contributed by atoms with Gasteiger partial charge < -0.3 is 14.4 Å². The Morgan fingerprint density at radius 1 is 1.04 bits per heavy atom. The van der Waals surface area contributed by atoms with Gasteiger partial charge in [-0.25, -0.2) is 4.79 Å². The second-order valence-corrected chi connectivity index (χ2v) is 6.05. The van der Waals surface area contributed by atoms with E-state index in [1.807, 2.05) is 44.2 Å². The van der Waals surface area contributed by atoms with Crippen LogP contribution in [0, 0.1) is 13.8 Å². The average Bonchev–Trinajstić information content (AvgIpc) is 2.58. The van der Waals surface area contributed by atoms with E-state index in [1.54, 1.807) is 26.3 Å². The predicted molar refractivity (Wildman–Crippen MR) is 95.7 cm³/mol. The molecule has 0 spiro atoms. The predicted octanol–water partition coefficient (Wildman–Crippen LogP) is 3.13. The van der Waals surface area contributed by atoms with Crippen molar-refractivity contribution in [1.82, 2.24) is 4.90 Å². The summed E-state index contributed by atoms with van der Waals surface area (Å²) in [6, 6.07) is 13.0. The number of amides is 1. The molecule has 0 aliphatic carbocycles. The largest absolute Gasteiger partial charge is 0.497 e. The lowest BCUT2D eigenvalue weighted by atomic mass is 10.1. The Kier molecular flexibility index (Phi) is 6.17. The van der Waals surface area contributed by atoms with E-state index in [0.717, 1.165) is 22.4 Å². The van der Waals surface area contributed by atoms with Crippen LogP contribution in [0.3, 0.4) is 0 Å². The first kappa shape index (κ1) is 18.5. The Labute approximate surface area is 148 Å². The molecule has 5 nitrogen and oxygen atoms in total. The molecule has 0 radical (unpaired) electrons. The van der Waals surface area contributed by atoms with Gasteiger partial charge in [0.2, 0.25) is 0 Å². The van der Waals surface area contributed by atoms with Crippen molar-refractivity contribution < 1.29 is 19.1 Å². The number of hydrogen-bond acceptors (Lipinski definition) is 4. The molecule has 0 heterocycles. The molecule has 132 valence electrons. The number of aryl methyl sites for hydroxylation is 2. The van der Waals surface area contributed by atoms with E-state index in [1.165, 1.54) is 4.90 Å². The Morgan fingerprint density at radius 3 is 2.36 bits per heavy atom. The molecule has 0 aromatic heterocycles. The average molecular weight is 341 g/mol. The molecule has 25 heavy (non-hydrogen) atoms. The fourth-order valence-electron chi connectivity index (χ4n) is 2.55. The third-order valence-corrected chi connectivity index (χ3v) is 3.76. The maximum atomic E-state index is 12.2. The van der Waals surface area contributed by atoms with Gasteiger partial charge in [0.15, 0.2) is 6.61 Å². The lowest BCUT2D eigenvalue weighted by Gasteiger charge is -2.17. The summed E-state index contributed by atoms with van der Waals surface area (Å²) in [4.78, 5) is 25.8. The number of nitrogens with zero attached hydrogens (tertiary/aromatic N) is 1. The summed E-state index contributed by atoms with van der Waals surface area (Å²) in [5.74, 6) is -0.0185. The summed E-state index contributed by atoms with van der Waals surface area (Å²) in [5.41, 5.74) is 3.36. The van der Waals surface area contributed by atoms with Crippen LogP contribution in [0.15, 0.2) is 42.5 Å². The number of esters is 1. The van der Waals surface area contributed by atoms with Crippen LogP contribution in [0.1, 0.15) is 27.0 Å². The van der Waals surface area contributed by atoms with Gasteiger partial charge in [-0.15, -0.1) is 0 Å². The quantitative estimate of drug-likeness (QED) is 0.758. The molecule has 0 aliphatic heterocycles. The van der Waals surface area contributed by atoms with Crippen molar-refractivity contribution in [3.8, 4) is 5.75 Å². The van der Waals surface area contributed by atoms with Crippen LogP contribution in [-0.4, -0.2) is 37.5 Å². The highest BCUT2D eigenvalue weighted by Crippen LogP contribution is 2.14. The highest BCUT2D eigenvalue weighted by atomic mass is 16.5. The Hall–Kier alpha value is -2.82. The molecular formula is C20H23NO4. The lowest BCUT2D eigenvalue weighted by Crippen LogP contribution is -2.30. The molecule has 0 atom stereocenters. The third-order valence-electron chi connectivity index (χ3n) is 3.76. The monoisotopic (exact) mass is 341 g/mol. The smallest absolute Gasteiger partial charge is 0.338 e. The molecule has 0 bridgehead atoms. The minimum atomic E-state index is -0.491. The topological polar surface area (TPSA) is 55.8 Å². The van der Waals surface area contributed by atoms with Crippen LogP contribution < -0.4 is 4.74 Å². The molecule has 0 aliphatic rings. The highest BCUT2D eigenvalue weighted by molar-refractivity contribution is 5.91. The summed E-state index contributed by atoms with van der Waals surface area (Å²) in [7, 11) is 3.27. The van der Waals surface area contributed by atoms with Gasteiger partial charge in [0.25, 0.3) is 5.91 Å². The number of rotatable bonds is 6. The molecule has 0 unspecified atom stereocenters. The number of ether oxygens (including phenoxy) is 2. The lowest BCUT2D eigenvalue weighted by molar-refractivity contribution is -0.133. The molecule has 1 amide bonds. The second kappa shape index (κ2) is 8.33. The standard InChI is InChI=1S/C20H23NO4/c1-14-8-15(2)10-17(9-14)20(23)25-13-19(22)21(3)12-16-6-5-7-18(11-16)24-4/h5-11H,12-13H2,1-4H3. The number of benzene rings is 2. The van der Waals surface area contributed by atoms with Crippen molar-refractivity contribution >= 4 is 11.9 Å². The van der Waals surface area contributed by atoms with Gasteiger partial charge in [-0.3, -0.25) is 4.79 Å². The molecule has 5 heteroatoms. The minimum Gasteiger partial charge on any atom is -0.497 e. The molecule has 0 fully saturated rings. The maximum absolute atomic E-state index is 12.2.